The van der Waals surface area contributed by atoms with Gasteiger partial charge < -0.3 is 10.1 Å². The smallest absolute Gasteiger partial charge is 0.314 e. The molecule has 0 unspecified atom stereocenters. The van der Waals surface area contributed by atoms with Crippen molar-refractivity contribution in [3.63, 3.8) is 0 Å². The summed E-state index contributed by atoms with van der Waals surface area (Å²) in [6.07, 6.45) is 8.40. The number of fused-ring (bicyclic) bond motifs is 1. The number of carbonyl (C=O) groups is 1. The molecular formula is C28H37N3O2. The molecule has 176 valence electrons. The van der Waals surface area contributed by atoms with Gasteiger partial charge in [-0.25, -0.2) is 4.98 Å². The number of benzene rings is 1. The normalized spacial score (nSPS) is 15.5. The molecule has 1 saturated carbocycles. The number of anilines is 1. The summed E-state index contributed by atoms with van der Waals surface area (Å²) in [6.45, 7) is 11.3. The Hall–Kier alpha value is -2.82. The fraction of sp³-hybridized carbons (Fsp3) is 0.500. The third-order valence-electron chi connectivity index (χ3n) is 6.24. The molecule has 33 heavy (non-hydrogen) atoms. The number of aromatic nitrogens is 2. The molecule has 0 saturated heterocycles. The van der Waals surface area contributed by atoms with Gasteiger partial charge in [-0.1, -0.05) is 46.1 Å². The largest absolute Gasteiger partial charge is 0.426 e. The first-order valence-corrected chi connectivity index (χ1v) is 12.2. The summed E-state index contributed by atoms with van der Waals surface area (Å²) in [7, 11) is 0. The van der Waals surface area contributed by atoms with E-state index in [0.717, 1.165) is 54.8 Å². The van der Waals surface area contributed by atoms with Gasteiger partial charge in [-0.3, -0.25) is 9.20 Å². The van der Waals surface area contributed by atoms with Crippen LogP contribution in [0.3, 0.4) is 0 Å². The highest BCUT2D eigenvalue weighted by Crippen LogP contribution is 2.35. The Morgan fingerprint density at radius 3 is 2.39 bits per heavy atom. The van der Waals surface area contributed by atoms with Gasteiger partial charge in [0.25, 0.3) is 0 Å². The van der Waals surface area contributed by atoms with E-state index in [1.807, 2.05) is 48.7 Å². The van der Waals surface area contributed by atoms with Crippen molar-refractivity contribution in [2.24, 2.45) is 11.3 Å². The van der Waals surface area contributed by atoms with E-state index in [1.165, 1.54) is 6.42 Å². The fourth-order valence-electron chi connectivity index (χ4n) is 5.23. The average molecular weight is 448 g/mol. The molecule has 1 N–H and O–H groups in total. The van der Waals surface area contributed by atoms with Gasteiger partial charge in [-0.2, -0.15) is 0 Å². The fourth-order valence-corrected chi connectivity index (χ4v) is 5.23. The molecule has 2 aromatic heterocycles. The SMILES string of the molecule is CC(C)(C)CC(C)(C)Nc1c(-c2ccc(OC(=O)C3CCCCC3)cc2)nc2ccccn12. The zero-order chi connectivity index (χ0) is 23.6. The number of pyridine rings is 1. The maximum atomic E-state index is 12.5. The number of nitrogens with one attached hydrogen (secondary N) is 1. The predicted octanol–water partition coefficient (Wildman–Crippen LogP) is 7.11. The molecule has 0 atom stereocenters. The molecule has 0 amide bonds. The van der Waals surface area contributed by atoms with Crippen LogP contribution in [-0.4, -0.2) is 20.9 Å². The quantitative estimate of drug-likeness (QED) is 0.323. The van der Waals surface area contributed by atoms with E-state index in [-0.39, 0.29) is 22.8 Å². The standard InChI is InChI=1S/C28H37N3O2/c1-27(2,3)19-28(4,5)30-25-24(29-23-13-9-10-18-31(23)25)20-14-16-22(17-15-20)33-26(32)21-11-7-6-8-12-21/h9-10,13-18,21,30H,6-8,11-12,19H2,1-5H3. The summed E-state index contributed by atoms with van der Waals surface area (Å²) in [5.74, 6) is 1.52. The molecule has 1 aromatic carbocycles. The molecule has 0 bridgehead atoms. The highest BCUT2D eigenvalue weighted by atomic mass is 16.5. The highest BCUT2D eigenvalue weighted by molar-refractivity contribution is 5.78. The Balaban J connectivity index is 1.60. The average Bonchev–Trinajstić information content (AvgIpc) is 3.11. The number of hydrogen-bond donors (Lipinski definition) is 1. The zero-order valence-corrected chi connectivity index (χ0v) is 20.6. The first kappa shape index (κ1) is 23.3. The van der Waals surface area contributed by atoms with E-state index >= 15 is 0 Å². The van der Waals surface area contributed by atoms with E-state index in [0.29, 0.717) is 5.75 Å². The van der Waals surface area contributed by atoms with Crippen molar-refractivity contribution in [2.45, 2.75) is 78.7 Å². The van der Waals surface area contributed by atoms with Gasteiger partial charge in [-0.05, 0) is 74.9 Å². The van der Waals surface area contributed by atoms with Crippen LogP contribution in [0.4, 0.5) is 5.82 Å². The van der Waals surface area contributed by atoms with Crippen molar-refractivity contribution in [1.82, 2.24) is 9.38 Å². The lowest BCUT2D eigenvalue weighted by Crippen LogP contribution is -2.36. The molecule has 3 aromatic rings. The third-order valence-corrected chi connectivity index (χ3v) is 6.24. The molecule has 5 heteroatoms. The molecule has 1 fully saturated rings. The number of nitrogens with zero attached hydrogens (tertiary/aromatic N) is 2. The zero-order valence-electron chi connectivity index (χ0n) is 20.6. The third kappa shape index (κ3) is 5.76. The predicted molar refractivity (Wildman–Crippen MR) is 135 cm³/mol. The molecule has 1 aliphatic carbocycles. The van der Waals surface area contributed by atoms with E-state index in [1.54, 1.807) is 0 Å². The Bertz CT molecular complexity index is 1100. The lowest BCUT2D eigenvalue weighted by molar-refractivity contribution is -0.139. The van der Waals surface area contributed by atoms with Crippen LogP contribution in [0, 0.1) is 11.3 Å². The van der Waals surface area contributed by atoms with Crippen LogP contribution in [0.15, 0.2) is 48.7 Å². The second-order valence-corrected chi connectivity index (χ2v) is 11.3. The molecule has 2 heterocycles. The van der Waals surface area contributed by atoms with Crippen molar-refractivity contribution in [3.8, 4) is 17.0 Å². The Morgan fingerprint density at radius 2 is 1.73 bits per heavy atom. The minimum atomic E-state index is -0.117. The molecule has 0 aliphatic heterocycles. The van der Waals surface area contributed by atoms with E-state index in [9.17, 15) is 4.79 Å². The number of rotatable bonds is 6. The second kappa shape index (κ2) is 9.20. The van der Waals surface area contributed by atoms with Gasteiger partial charge in [0.05, 0.1) is 5.92 Å². The molecule has 4 rings (SSSR count). The van der Waals surface area contributed by atoms with Crippen molar-refractivity contribution in [1.29, 1.82) is 0 Å². The maximum absolute atomic E-state index is 12.5. The molecule has 0 radical (unpaired) electrons. The van der Waals surface area contributed by atoms with E-state index in [4.69, 9.17) is 9.72 Å². The lowest BCUT2D eigenvalue weighted by Gasteiger charge is -2.34. The van der Waals surface area contributed by atoms with Crippen molar-refractivity contribution in [3.05, 3.63) is 48.7 Å². The second-order valence-electron chi connectivity index (χ2n) is 11.3. The minimum Gasteiger partial charge on any atom is -0.426 e. The van der Waals surface area contributed by atoms with Crippen LogP contribution in [-0.2, 0) is 4.79 Å². The van der Waals surface area contributed by atoms with Gasteiger partial charge in [0.15, 0.2) is 0 Å². The summed E-state index contributed by atoms with van der Waals surface area (Å²) in [5.41, 5.74) is 2.86. The minimum absolute atomic E-state index is 0.0396. The van der Waals surface area contributed by atoms with Crippen LogP contribution in [0.2, 0.25) is 0 Å². The summed E-state index contributed by atoms with van der Waals surface area (Å²) >= 11 is 0. The van der Waals surface area contributed by atoms with Crippen molar-refractivity contribution < 1.29 is 9.53 Å². The lowest BCUT2D eigenvalue weighted by atomic mass is 9.82. The van der Waals surface area contributed by atoms with E-state index in [2.05, 4.69) is 44.3 Å². The molecule has 0 spiro atoms. The Labute approximate surface area is 197 Å². The first-order chi connectivity index (χ1) is 15.6. The highest BCUT2D eigenvalue weighted by Gasteiger charge is 2.28. The molecular weight excluding hydrogens is 410 g/mol. The first-order valence-electron chi connectivity index (χ1n) is 12.2. The van der Waals surface area contributed by atoms with Crippen LogP contribution in [0.25, 0.3) is 16.9 Å². The van der Waals surface area contributed by atoms with Gasteiger partial charge in [0.2, 0.25) is 0 Å². The Morgan fingerprint density at radius 1 is 1.03 bits per heavy atom. The number of carbonyl (C=O) groups excluding carboxylic acids is 1. The molecule has 1 aliphatic rings. The van der Waals surface area contributed by atoms with Gasteiger partial charge in [0, 0.05) is 17.3 Å². The van der Waals surface area contributed by atoms with Crippen molar-refractivity contribution >= 4 is 17.4 Å². The van der Waals surface area contributed by atoms with Crippen LogP contribution in [0.5, 0.6) is 5.75 Å². The topological polar surface area (TPSA) is 55.6 Å². The summed E-state index contributed by atoms with van der Waals surface area (Å²) in [5, 5.41) is 3.77. The number of ether oxygens (including phenoxy) is 1. The molecule has 5 nitrogen and oxygen atoms in total. The summed E-state index contributed by atoms with van der Waals surface area (Å²) in [4.78, 5) is 17.4. The van der Waals surface area contributed by atoms with Crippen molar-refractivity contribution in [2.75, 3.05) is 5.32 Å². The number of esters is 1. The monoisotopic (exact) mass is 447 g/mol. The van der Waals surface area contributed by atoms with Gasteiger partial charge in [-0.15, -0.1) is 0 Å². The Kier molecular flexibility index (Phi) is 6.51. The van der Waals surface area contributed by atoms with Crippen LogP contribution >= 0.6 is 0 Å². The van der Waals surface area contributed by atoms with Crippen LogP contribution in [0.1, 0.15) is 73.1 Å². The number of imidazole rings is 1. The van der Waals surface area contributed by atoms with Crippen LogP contribution < -0.4 is 10.1 Å². The van der Waals surface area contributed by atoms with E-state index < -0.39 is 0 Å². The summed E-state index contributed by atoms with van der Waals surface area (Å²) in [6, 6.07) is 13.8. The summed E-state index contributed by atoms with van der Waals surface area (Å²) < 4.78 is 7.80. The number of hydrogen-bond acceptors (Lipinski definition) is 4. The van der Waals surface area contributed by atoms with Gasteiger partial charge >= 0.3 is 5.97 Å². The van der Waals surface area contributed by atoms with Gasteiger partial charge in [0.1, 0.15) is 22.9 Å². The maximum Gasteiger partial charge on any atom is 0.314 e.